The van der Waals surface area contributed by atoms with Gasteiger partial charge in [-0.05, 0) is 30.0 Å². The summed E-state index contributed by atoms with van der Waals surface area (Å²) in [6, 6.07) is 8.23. The maximum absolute atomic E-state index is 11.6. The van der Waals surface area contributed by atoms with E-state index in [1.54, 1.807) is 0 Å². The Hall–Kier alpha value is -1.81. The van der Waals surface area contributed by atoms with E-state index in [9.17, 15) is 4.79 Å². The van der Waals surface area contributed by atoms with Crippen molar-refractivity contribution < 1.29 is 9.53 Å². The third-order valence-corrected chi connectivity index (χ3v) is 4.02. The minimum absolute atomic E-state index is 0.173. The Morgan fingerprint density at radius 2 is 2.21 bits per heavy atom. The highest BCUT2D eigenvalue weighted by Crippen LogP contribution is 2.35. The molecule has 4 heteroatoms. The van der Waals surface area contributed by atoms with Crippen LogP contribution >= 0.6 is 0 Å². The van der Waals surface area contributed by atoms with Crippen molar-refractivity contribution in [3.63, 3.8) is 0 Å². The summed E-state index contributed by atoms with van der Waals surface area (Å²) in [5.41, 5.74) is 5.23. The number of carbonyl (C=O) groups excluding carboxylic acids is 1. The monoisotopic (exact) mass is 258 g/mol. The fourth-order valence-corrected chi connectivity index (χ4v) is 2.98. The zero-order chi connectivity index (χ0) is 13.4. The topological polar surface area (TPSA) is 41.6 Å². The number of benzene rings is 1. The maximum atomic E-state index is 11.6. The second kappa shape index (κ2) is 4.70. The number of carbonyl (C=O) groups is 1. The summed E-state index contributed by atoms with van der Waals surface area (Å²) in [5.74, 6) is -0.173. The predicted octanol–water partition coefficient (Wildman–Crippen LogP) is 1.47. The first-order chi connectivity index (χ1) is 9.20. The summed E-state index contributed by atoms with van der Waals surface area (Å²) < 4.78 is 4.83. The van der Waals surface area contributed by atoms with Gasteiger partial charge in [-0.1, -0.05) is 18.2 Å². The first-order valence-corrected chi connectivity index (χ1v) is 6.54. The second-order valence-electron chi connectivity index (χ2n) is 5.08. The molecule has 19 heavy (non-hydrogen) atoms. The average Bonchev–Trinajstić information content (AvgIpc) is 2.46. The number of hydrogen-bond donors (Lipinski definition) is 1. The fraction of sp³-hybridized carbons (Fsp3) is 0.400. The van der Waals surface area contributed by atoms with E-state index in [0.29, 0.717) is 0 Å². The molecule has 0 saturated carbocycles. The number of rotatable bonds is 1. The zero-order valence-corrected chi connectivity index (χ0v) is 11.3. The van der Waals surface area contributed by atoms with Crippen LogP contribution in [0.3, 0.4) is 0 Å². The van der Waals surface area contributed by atoms with Crippen molar-refractivity contribution in [3.8, 4) is 0 Å². The van der Waals surface area contributed by atoms with Crippen LogP contribution in [0.4, 0.5) is 5.69 Å². The summed E-state index contributed by atoms with van der Waals surface area (Å²) in [6.45, 7) is 0.722. The van der Waals surface area contributed by atoms with E-state index >= 15 is 0 Å². The Morgan fingerprint density at radius 3 is 3.00 bits per heavy atom. The summed E-state index contributed by atoms with van der Waals surface area (Å²) in [7, 11) is 3.53. The van der Waals surface area contributed by atoms with Gasteiger partial charge in [0.2, 0.25) is 0 Å². The Bertz CT molecular complexity index is 551. The highest BCUT2D eigenvalue weighted by molar-refractivity contribution is 5.77. The first kappa shape index (κ1) is 12.2. The first-order valence-electron chi connectivity index (χ1n) is 6.54. The Labute approximate surface area is 113 Å². The van der Waals surface area contributed by atoms with Gasteiger partial charge < -0.3 is 9.64 Å². The molecule has 3 rings (SSSR count). The molecule has 2 aliphatic rings. The summed E-state index contributed by atoms with van der Waals surface area (Å²) in [5, 5.41) is 3.26. The quantitative estimate of drug-likeness (QED) is 0.775. The predicted molar refractivity (Wildman–Crippen MR) is 74.0 cm³/mol. The van der Waals surface area contributed by atoms with Gasteiger partial charge in [0.1, 0.15) is 6.04 Å². The number of hydrogen-bond acceptors (Lipinski definition) is 4. The summed E-state index contributed by atoms with van der Waals surface area (Å²) >= 11 is 0. The van der Waals surface area contributed by atoms with Crippen LogP contribution in [0.2, 0.25) is 0 Å². The van der Waals surface area contributed by atoms with Gasteiger partial charge in [0.05, 0.1) is 7.11 Å². The molecule has 0 bridgehead atoms. The number of nitrogens with zero attached hydrogens (tertiary/aromatic N) is 1. The lowest BCUT2D eigenvalue weighted by Crippen LogP contribution is -2.46. The minimum Gasteiger partial charge on any atom is -0.468 e. The third-order valence-electron chi connectivity index (χ3n) is 4.02. The van der Waals surface area contributed by atoms with E-state index in [4.69, 9.17) is 4.74 Å². The molecule has 1 unspecified atom stereocenters. The van der Waals surface area contributed by atoms with E-state index in [2.05, 4.69) is 41.5 Å². The zero-order valence-electron chi connectivity index (χ0n) is 11.3. The number of esters is 1. The van der Waals surface area contributed by atoms with Crippen molar-refractivity contribution in [3.05, 3.63) is 41.1 Å². The summed E-state index contributed by atoms with van der Waals surface area (Å²) in [4.78, 5) is 13.9. The molecule has 0 fully saturated rings. The van der Waals surface area contributed by atoms with Crippen LogP contribution in [0.15, 0.2) is 35.5 Å². The molecule has 1 N–H and O–H groups in total. The lowest BCUT2D eigenvalue weighted by atomic mass is 9.89. The number of fused-ring (bicyclic) bond motifs is 1. The molecule has 0 amide bonds. The van der Waals surface area contributed by atoms with Gasteiger partial charge in [-0.2, -0.15) is 0 Å². The molecule has 2 aliphatic heterocycles. The van der Waals surface area contributed by atoms with Crippen molar-refractivity contribution in [2.45, 2.75) is 18.9 Å². The highest BCUT2D eigenvalue weighted by atomic mass is 16.5. The van der Waals surface area contributed by atoms with Crippen molar-refractivity contribution >= 4 is 11.7 Å². The van der Waals surface area contributed by atoms with Crippen molar-refractivity contribution in [2.75, 3.05) is 25.6 Å². The molecular formula is C15H18N2O2. The molecule has 0 aromatic heterocycles. The molecule has 0 spiro atoms. The van der Waals surface area contributed by atoms with Crippen LogP contribution in [0.25, 0.3) is 0 Å². The molecule has 2 heterocycles. The minimum atomic E-state index is -0.206. The van der Waals surface area contributed by atoms with Crippen LogP contribution in [-0.2, 0) is 16.0 Å². The molecule has 4 nitrogen and oxygen atoms in total. The van der Waals surface area contributed by atoms with E-state index < -0.39 is 0 Å². The third kappa shape index (κ3) is 2.02. The van der Waals surface area contributed by atoms with Crippen LogP contribution in [0.1, 0.15) is 12.0 Å². The number of anilines is 1. The van der Waals surface area contributed by atoms with Crippen LogP contribution in [-0.4, -0.2) is 32.7 Å². The maximum Gasteiger partial charge on any atom is 0.323 e. The van der Waals surface area contributed by atoms with Gasteiger partial charge >= 0.3 is 5.97 Å². The van der Waals surface area contributed by atoms with Crippen molar-refractivity contribution in [2.24, 2.45) is 0 Å². The molecule has 1 aromatic rings. The van der Waals surface area contributed by atoms with Gasteiger partial charge in [0.25, 0.3) is 0 Å². The SMILES string of the molecule is COC(=O)C1CC2=C(CN1)N(C)c1ccccc1C2. The van der Waals surface area contributed by atoms with E-state index in [1.807, 2.05) is 0 Å². The second-order valence-corrected chi connectivity index (χ2v) is 5.08. The van der Waals surface area contributed by atoms with Crippen LogP contribution < -0.4 is 10.2 Å². The Kier molecular flexibility index (Phi) is 3.03. The number of likely N-dealkylation sites (N-methyl/N-ethyl adjacent to an activating group) is 1. The van der Waals surface area contributed by atoms with Gasteiger partial charge in [-0.15, -0.1) is 0 Å². The van der Waals surface area contributed by atoms with E-state index in [0.717, 1.165) is 19.4 Å². The molecule has 0 radical (unpaired) electrons. The standard InChI is InChI=1S/C15H18N2O2/c1-17-13-6-4-3-5-10(13)7-11-8-12(15(18)19-2)16-9-14(11)17/h3-6,12,16H,7-9H2,1-2H3. The number of ether oxygens (including phenoxy) is 1. The molecule has 1 aromatic carbocycles. The number of methoxy groups -OCH3 is 1. The number of para-hydroxylation sites is 1. The van der Waals surface area contributed by atoms with Gasteiger partial charge in [-0.25, -0.2) is 0 Å². The Morgan fingerprint density at radius 1 is 1.42 bits per heavy atom. The Balaban J connectivity index is 1.90. The molecule has 1 atom stereocenters. The van der Waals surface area contributed by atoms with Gasteiger partial charge in [0, 0.05) is 25.0 Å². The highest BCUT2D eigenvalue weighted by Gasteiger charge is 2.31. The molecule has 0 aliphatic carbocycles. The molecule has 100 valence electrons. The normalized spacial score (nSPS) is 21.8. The smallest absolute Gasteiger partial charge is 0.323 e. The summed E-state index contributed by atoms with van der Waals surface area (Å²) in [6.07, 6.45) is 1.67. The largest absolute Gasteiger partial charge is 0.468 e. The average molecular weight is 258 g/mol. The van der Waals surface area contributed by atoms with Crippen molar-refractivity contribution in [1.82, 2.24) is 5.32 Å². The van der Waals surface area contributed by atoms with Gasteiger partial charge in [0.15, 0.2) is 0 Å². The fourth-order valence-electron chi connectivity index (χ4n) is 2.98. The molecular weight excluding hydrogens is 240 g/mol. The van der Waals surface area contributed by atoms with Crippen LogP contribution in [0.5, 0.6) is 0 Å². The van der Waals surface area contributed by atoms with Crippen molar-refractivity contribution in [1.29, 1.82) is 0 Å². The lowest BCUT2D eigenvalue weighted by Gasteiger charge is -2.37. The van der Waals surface area contributed by atoms with E-state index in [-0.39, 0.29) is 12.0 Å². The van der Waals surface area contributed by atoms with Crippen LogP contribution in [0, 0.1) is 0 Å². The number of nitrogens with one attached hydrogen (secondary N) is 1. The lowest BCUT2D eigenvalue weighted by molar-refractivity contribution is -0.143. The molecule has 0 saturated heterocycles. The van der Waals surface area contributed by atoms with Gasteiger partial charge in [-0.3, -0.25) is 10.1 Å². The van der Waals surface area contributed by atoms with E-state index in [1.165, 1.54) is 29.6 Å².